The van der Waals surface area contributed by atoms with E-state index in [1.54, 1.807) is 13.2 Å². The molecule has 1 rings (SSSR count). The van der Waals surface area contributed by atoms with Crippen LogP contribution in [-0.4, -0.2) is 19.8 Å². The van der Waals surface area contributed by atoms with Crippen molar-refractivity contribution in [2.24, 2.45) is 0 Å². The van der Waals surface area contributed by atoms with Crippen LogP contribution >= 0.6 is 11.6 Å². The minimum Gasteiger partial charge on any atom is -0.493 e. The van der Waals surface area contributed by atoms with Crippen molar-refractivity contribution in [3.05, 3.63) is 35.4 Å². The Labute approximate surface area is 120 Å². The number of halogens is 1. The van der Waals surface area contributed by atoms with Crippen LogP contribution in [0.4, 0.5) is 0 Å². The molecule has 0 bridgehead atoms. The van der Waals surface area contributed by atoms with Gasteiger partial charge in [-0.05, 0) is 31.0 Å². The first kappa shape index (κ1) is 15.9. The summed E-state index contributed by atoms with van der Waals surface area (Å²) < 4.78 is 10.8. The highest BCUT2D eigenvalue weighted by Crippen LogP contribution is 2.36. The van der Waals surface area contributed by atoms with E-state index in [0.29, 0.717) is 29.2 Å². The number of benzene rings is 1. The largest absolute Gasteiger partial charge is 0.493 e. The standard InChI is InChI=1S/C15H22ClNO2/c1-5-7-19-15-13(16)8-12(9-14(15)18-4)10-17-11(3)6-2/h5,8-9,11,17H,1,6-7,10H2,2-4H3/t11-/m1/s1. The van der Waals surface area contributed by atoms with Crippen molar-refractivity contribution >= 4 is 11.6 Å². The monoisotopic (exact) mass is 283 g/mol. The first-order chi connectivity index (χ1) is 9.12. The third-order valence-corrected chi connectivity index (χ3v) is 3.18. The highest BCUT2D eigenvalue weighted by Gasteiger charge is 2.12. The number of hydrogen-bond acceptors (Lipinski definition) is 3. The summed E-state index contributed by atoms with van der Waals surface area (Å²) >= 11 is 6.23. The Hall–Kier alpha value is -1.19. The molecule has 0 heterocycles. The summed E-state index contributed by atoms with van der Waals surface area (Å²) in [5, 5.41) is 3.98. The van der Waals surface area contributed by atoms with Gasteiger partial charge in [-0.1, -0.05) is 31.2 Å². The molecule has 1 aromatic rings. The van der Waals surface area contributed by atoms with Crippen molar-refractivity contribution < 1.29 is 9.47 Å². The minimum absolute atomic E-state index is 0.403. The highest BCUT2D eigenvalue weighted by atomic mass is 35.5. The molecule has 1 atom stereocenters. The van der Waals surface area contributed by atoms with Crippen LogP contribution in [0.5, 0.6) is 11.5 Å². The van der Waals surface area contributed by atoms with E-state index in [-0.39, 0.29) is 0 Å². The van der Waals surface area contributed by atoms with Gasteiger partial charge in [-0.15, -0.1) is 0 Å². The van der Waals surface area contributed by atoms with Crippen molar-refractivity contribution in [2.75, 3.05) is 13.7 Å². The third-order valence-electron chi connectivity index (χ3n) is 2.90. The van der Waals surface area contributed by atoms with E-state index in [1.165, 1.54) is 0 Å². The topological polar surface area (TPSA) is 30.5 Å². The van der Waals surface area contributed by atoms with Gasteiger partial charge in [-0.2, -0.15) is 0 Å². The lowest BCUT2D eigenvalue weighted by Crippen LogP contribution is -2.24. The molecule has 106 valence electrons. The van der Waals surface area contributed by atoms with Crippen molar-refractivity contribution in [1.82, 2.24) is 5.32 Å². The van der Waals surface area contributed by atoms with Crippen LogP contribution in [0.25, 0.3) is 0 Å². The molecule has 4 heteroatoms. The Morgan fingerprint density at radius 3 is 2.79 bits per heavy atom. The lowest BCUT2D eigenvalue weighted by atomic mass is 10.1. The molecule has 1 aromatic carbocycles. The Kier molecular flexibility index (Phi) is 6.74. The van der Waals surface area contributed by atoms with Crippen LogP contribution < -0.4 is 14.8 Å². The summed E-state index contributed by atoms with van der Waals surface area (Å²) in [5.74, 6) is 1.21. The Bertz CT molecular complexity index is 421. The quantitative estimate of drug-likeness (QED) is 0.736. The smallest absolute Gasteiger partial charge is 0.180 e. The molecule has 0 saturated heterocycles. The molecule has 1 N–H and O–H groups in total. The van der Waals surface area contributed by atoms with E-state index in [4.69, 9.17) is 21.1 Å². The zero-order valence-electron chi connectivity index (χ0n) is 11.8. The van der Waals surface area contributed by atoms with Gasteiger partial charge >= 0.3 is 0 Å². The summed E-state index contributed by atoms with van der Waals surface area (Å²) in [5.41, 5.74) is 1.08. The van der Waals surface area contributed by atoms with Gasteiger partial charge in [0.25, 0.3) is 0 Å². The molecule has 0 amide bonds. The number of methoxy groups -OCH3 is 1. The predicted molar refractivity (Wildman–Crippen MR) is 80.3 cm³/mol. The van der Waals surface area contributed by atoms with Crippen LogP contribution in [0.1, 0.15) is 25.8 Å². The number of nitrogens with one attached hydrogen (secondary N) is 1. The molecule has 0 unspecified atom stereocenters. The van der Waals surface area contributed by atoms with Gasteiger partial charge in [-0.25, -0.2) is 0 Å². The molecule has 0 aliphatic rings. The van der Waals surface area contributed by atoms with Crippen LogP contribution in [0.2, 0.25) is 5.02 Å². The maximum Gasteiger partial charge on any atom is 0.180 e. The third kappa shape index (κ3) is 4.77. The van der Waals surface area contributed by atoms with Gasteiger partial charge in [0.05, 0.1) is 12.1 Å². The van der Waals surface area contributed by atoms with E-state index >= 15 is 0 Å². The van der Waals surface area contributed by atoms with E-state index in [2.05, 4.69) is 25.7 Å². The number of rotatable bonds is 8. The lowest BCUT2D eigenvalue weighted by molar-refractivity contribution is 0.326. The second kappa shape index (κ2) is 8.08. The maximum atomic E-state index is 6.23. The average molecular weight is 284 g/mol. The van der Waals surface area contributed by atoms with Crippen molar-refractivity contribution in [3.8, 4) is 11.5 Å². The van der Waals surface area contributed by atoms with Gasteiger partial charge in [0.15, 0.2) is 11.5 Å². The molecule has 0 aliphatic heterocycles. The fraction of sp³-hybridized carbons (Fsp3) is 0.467. The molecular formula is C15H22ClNO2. The van der Waals surface area contributed by atoms with Gasteiger partial charge in [0.1, 0.15) is 6.61 Å². The number of hydrogen-bond donors (Lipinski definition) is 1. The summed E-state index contributed by atoms with van der Waals surface area (Å²) in [6.07, 6.45) is 2.76. The second-order valence-corrected chi connectivity index (χ2v) is 4.81. The van der Waals surface area contributed by atoms with Crippen molar-refractivity contribution in [2.45, 2.75) is 32.9 Å². The summed E-state index contributed by atoms with van der Waals surface area (Å²) in [7, 11) is 1.61. The summed E-state index contributed by atoms with van der Waals surface area (Å²) in [6.45, 7) is 9.08. The first-order valence-electron chi connectivity index (χ1n) is 6.45. The highest BCUT2D eigenvalue weighted by molar-refractivity contribution is 6.32. The van der Waals surface area contributed by atoms with Gasteiger partial charge < -0.3 is 14.8 Å². The molecule has 0 aromatic heterocycles. The fourth-order valence-corrected chi connectivity index (χ4v) is 1.88. The van der Waals surface area contributed by atoms with Crippen LogP contribution in [-0.2, 0) is 6.54 Å². The lowest BCUT2D eigenvalue weighted by Gasteiger charge is -2.15. The molecular weight excluding hydrogens is 262 g/mol. The zero-order valence-corrected chi connectivity index (χ0v) is 12.6. The van der Waals surface area contributed by atoms with E-state index in [9.17, 15) is 0 Å². The van der Waals surface area contributed by atoms with E-state index < -0.39 is 0 Å². The molecule has 0 saturated carbocycles. The minimum atomic E-state index is 0.403. The second-order valence-electron chi connectivity index (χ2n) is 4.40. The van der Waals surface area contributed by atoms with Gasteiger partial charge in [-0.3, -0.25) is 0 Å². The first-order valence-corrected chi connectivity index (χ1v) is 6.83. The van der Waals surface area contributed by atoms with Gasteiger partial charge in [0, 0.05) is 12.6 Å². The normalized spacial score (nSPS) is 12.0. The van der Waals surface area contributed by atoms with E-state index in [0.717, 1.165) is 18.5 Å². The van der Waals surface area contributed by atoms with E-state index in [1.807, 2.05) is 12.1 Å². The molecule has 19 heavy (non-hydrogen) atoms. The Balaban J connectivity index is 2.85. The predicted octanol–water partition coefficient (Wildman–Crippen LogP) is 3.80. The van der Waals surface area contributed by atoms with Crippen molar-refractivity contribution in [3.63, 3.8) is 0 Å². The fourth-order valence-electron chi connectivity index (χ4n) is 1.59. The van der Waals surface area contributed by atoms with Crippen LogP contribution in [0.3, 0.4) is 0 Å². The molecule has 0 radical (unpaired) electrons. The summed E-state index contributed by atoms with van der Waals surface area (Å²) in [4.78, 5) is 0. The maximum absolute atomic E-state index is 6.23. The van der Waals surface area contributed by atoms with Crippen LogP contribution in [0.15, 0.2) is 24.8 Å². The summed E-state index contributed by atoms with van der Waals surface area (Å²) in [6, 6.07) is 4.32. The Morgan fingerprint density at radius 2 is 2.21 bits per heavy atom. The van der Waals surface area contributed by atoms with Crippen molar-refractivity contribution in [1.29, 1.82) is 0 Å². The zero-order chi connectivity index (χ0) is 14.3. The van der Waals surface area contributed by atoms with Crippen LogP contribution in [0, 0.1) is 0 Å². The molecule has 0 spiro atoms. The Morgan fingerprint density at radius 1 is 1.47 bits per heavy atom. The van der Waals surface area contributed by atoms with Gasteiger partial charge in [0.2, 0.25) is 0 Å². The molecule has 3 nitrogen and oxygen atoms in total. The molecule has 0 aliphatic carbocycles. The number of ether oxygens (including phenoxy) is 2. The average Bonchev–Trinajstić information content (AvgIpc) is 2.42. The molecule has 0 fully saturated rings. The SMILES string of the molecule is C=CCOc1c(Cl)cc(CN[C@H](C)CC)cc1OC.